The molecule has 1 aromatic heterocycles. The molecule has 0 aliphatic rings. The molecular weight excluding hydrogens is 382 g/mol. The zero-order valence-corrected chi connectivity index (χ0v) is 15.5. The van der Waals surface area contributed by atoms with Crippen molar-refractivity contribution in [3.63, 3.8) is 0 Å². The summed E-state index contributed by atoms with van der Waals surface area (Å²) in [6.07, 6.45) is 1.28. The van der Waals surface area contributed by atoms with Crippen LogP contribution >= 0.6 is 11.3 Å². The van der Waals surface area contributed by atoms with Crippen molar-refractivity contribution < 1.29 is 17.9 Å². The molecule has 0 radical (unpaired) electrons. The van der Waals surface area contributed by atoms with Gasteiger partial charge in [-0.3, -0.25) is 0 Å². The predicted molar refractivity (Wildman–Crippen MR) is 103 cm³/mol. The van der Waals surface area contributed by atoms with Crippen LogP contribution in [0.2, 0.25) is 0 Å². The number of hydrogen-bond acceptors (Lipinski definition) is 6. The van der Waals surface area contributed by atoms with E-state index in [1.807, 2.05) is 0 Å². The molecule has 0 saturated carbocycles. The summed E-state index contributed by atoms with van der Waals surface area (Å²) in [6.45, 7) is 0. The first-order valence-corrected chi connectivity index (χ1v) is 10.1. The second-order valence-corrected chi connectivity index (χ2v) is 8.24. The molecule has 3 aromatic rings. The van der Waals surface area contributed by atoms with Crippen molar-refractivity contribution in [2.45, 2.75) is 4.90 Å². The second kappa shape index (κ2) is 7.99. The van der Waals surface area contributed by atoms with Crippen molar-refractivity contribution in [3.8, 4) is 11.8 Å². The minimum Gasteiger partial charge on any atom is -0.422 e. The fourth-order valence-corrected chi connectivity index (χ4v) is 4.01. The van der Waals surface area contributed by atoms with Gasteiger partial charge in [0, 0.05) is 0 Å². The molecule has 0 unspecified atom stereocenters. The van der Waals surface area contributed by atoms with E-state index in [2.05, 4.69) is 0 Å². The van der Waals surface area contributed by atoms with Crippen LogP contribution in [-0.4, -0.2) is 14.4 Å². The number of carbonyl (C=O) groups is 1. The largest absolute Gasteiger partial charge is 0.422 e. The first-order chi connectivity index (χ1) is 13.0. The lowest BCUT2D eigenvalue weighted by Gasteiger charge is -2.04. The Morgan fingerprint density at radius 1 is 1.00 bits per heavy atom. The molecule has 0 bridgehead atoms. The molecule has 0 fully saturated rings. The van der Waals surface area contributed by atoms with Crippen LogP contribution in [0.5, 0.6) is 5.75 Å². The molecule has 134 valence electrons. The number of carbonyl (C=O) groups excluding carboxylic acids is 1. The van der Waals surface area contributed by atoms with Crippen LogP contribution in [-0.2, 0) is 9.84 Å². The van der Waals surface area contributed by atoms with Gasteiger partial charge in [0.05, 0.1) is 4.90 Å². The number of ether oxygens (including phenoxy) is 1. The Kier molecular flexibility index (Phi) is 5.50. The van der Waals surface area contributed by atoms with Crippen LogP contribution in [0.15, 0.2) is 81.9 Å². The van der Waals surface area contributed by atoms with E-state index in [0.29, 0.717) is 16.2 Å². The molecule has 0 aliphatic carbocycles. The highest BCUT2D eigenvalue weighted by Crippen LogP contribution is 2.22. The number of esters is 1. The number of rotatable bonds is 5. The number of allylic oxidation sites excluding steroid dienone is 1. The zero-order chi connectivity index (χ0) is 19.3. The number of benzene rings is 2. The summed E-state index contributed by atoms with van der Waals surface area (Å²) in [4.78, 5) is 12.1. The highest BCUT2D eigenvalue weighted by molar-refractivity contribution is 7.95. The Balaban J connectivity index is 1.82. The predicted octanol–water partition coefficient (Wildman–Crippen LogP) is 4.31. The summed E-state index contributed by atoms with van der Waals surface area (Å²) < 4.78 is 30.4. The maximum Gasteiger partial charge on any atom is 0.353 e. The number of thiophene rings is 1. The fraction of sp³-hybridized carbons (Fsp3) is 0. The van der Waals surface area contributed by atoms with Gasteiger partial charge in [0.15, 0.2) is 0 Å². The molecule has 0 aliphatic heterocycles. The van der Waals surface area contributed by atoms with E-state index < -0.39 is 15.8 Å². The number of hydrogen-bond donors (Lipinski definition) is 0. The van der Waals surface area contributed by atoms with E-state index >= 15 is 0 Å². The minimum absolute atomic E-state index is 0.0549. The van der Waals surface area contributed by atoms with Crippen molar-refractivity contribution in [3.05, 3.63) is 87.5 Å². The first kappa shape index (κ1) is 18.6. The minimum atomic E-state index is -3.89. The molecule has 27 heavy (non-hydrogen) atoms. The van der Waals surface area contributed by atoms with Gasteiger partial charge in [-0.15, -0.1) is 11.3 Å². The molecule has 0 N–H and O–H groups in total. The number of nitrogens with zero attached hydrogens (tertiary/aromatic N) is 1. The average Bonchev–Trinajstić information content (AvgIpc) is 3.23. The second-order valence-electron chi connectivity index (χ2n) is 5.37. The smallest absolute Gasteiger partial charge is 0.353 e. The van der Waals surface area contributed by atoms with Gasteiger partial charge in [-0.05, 0) is 47.4 Å². The highest BCUT2D eigenvalue weighted by Gasteiger charge is 2.20. The van der Waals surface area contributed by atoms with E-state index in [1.54, 1.807) is 66.0 Å². The summed E-state index contributed by atoms with van der Waals surface area (Å²) >= 11 is 1.28. The molecule has 0 amide bonds. The fourth-order valence-electron chi connectivity index (χ4n) is 2.23. The van der Waals surface area contributed by atoms with Gasteiger partial charge in [0.2, 0.25) is 9.84 Å². The van der Waals surface area contributed by atoms with Crippen LogP contribution in [0.1, 0.15) is 15.2 Å². The third kappa shape index (κ3) is 4.31. The van der Waals surface area contributed by atoms with Crippen LogP contribution in [0.3, 0.4) is 0 Å². The van der Waals surface area contributed by atoms with Gasteiger partial charge in [-0.1, -0.05) is 36.4 Å². The molecule has 5 nitrogen and oxygen atoms in total. The Labute approximate surface area is 160 Å². The molecule has 7 heteroatoms. The van der Waals surface area contributed by atoms with Gasteiger partial charge in [0.25, 0.3) is 0 Å². The summed E-state index contributed by atoms with van der Waals surface area (Å²) in [5.41, 5.74) is 0.502. The van der Waals surface area contributed by atoms with Gasteiger partial charge in [-0.25, -0.2) is 13.2 Å². The molecule has 0 saturated heterocycles. The van der Waals surface area contributed by atoms with Crippen LogP contribution in [0, 0.1) is 11.3 Å². The summed E-state index contributed by atoms with van der Waals surface area (Å²) in [7, 11) is -3.89. The van der Waals surface area contributed by atoms with Crippen LogP contribution in [0.25, 0.3) is 6.08 Å². The summed E-state index contributed by atoms with van der Waals surface area (Å²) in [5.74, 6) is -0.132. The molecule has 3 rings (SSSR count). The van der Waals surface area contributed by atoms with E-state index in [1.165, 1.54) is 29.5 Å². The van der Waals surface area contributed by atoms with Gasteiger partial charge >= 0.3 is 5.97 Å². The van der Waals surface area contributed by atoms with E-state index in [-0.39, 0.29) is 9.80 Å². The first-order valence-electron chi connectivity index (χ1n) is 7.78. The topological polar surface area (TPSA) is 84.2 Å². The normalized spacial score (nSPS) is 11.6. The molecular formula is C20H13NO4S2. The summed E-state index contributed by atoms with van der Waals surface area (Å²) in [5, 5.41) is 11.1. The lowest BCUT2D eigenvalue weighted by Crippen LogP contribution is -2.06. The van der Waals surface area contributed by atoms with Crippen molar-refractivity contribution in [1.29, 1.82) is 5.26 Å². The third-order valence-electron chi connectivity index (χ3n) is 3.56. The lowest BCUT2D eigenvalue weighted by atomic mass is 10.2. The van der Waals surface area contributed by atoms with Crippen molar-refractivity contribution in [1.82, 2.24) is 0 Å². The Morgan fingerprint density at radius 3 is 2.30 bits per heavy atom. The number of nitriles is 1. The van der Waals surface area contributed by atoms with E-state index in [4.69, 9.17) is 4.74 Å². The van der Waals surface area contributed by atoms with E-state index in [9.17, 15) is 18.5 Å². The maximum absolute atomic E-state index is 12.6. The van der Waals surface area contributed by atoms with Crippen molar-refractivity contribution in [2.24, 2.45) is 0 Å². The molecule has 0 spiro atoms. The monoisotopic (exact) mass is 395 g/mol. The van der Waals surface area contributed by atoms with Gasteiger partial charge in [-0.2, -0.15) is 5.26 Å². The zero-order valence-electron chi connectivity index (χ0n) is 13.9. The Morgan fingerprint density at radius 2 is 1.70 bits per heavy atom. The third-order valence-corrected chi connectivity index (χ3v) is 6.09. The molecule has 2 aromatic carbocycles. The summed E-state index contributed by atoms with van der Waals surface area (Å²) in [6, 6.07) is 19.2. The lowest BCUT2D eigenvalue weighted by molar-refractivity contribution is 0.0740. The standard InChI is InChI=1S/C20H13NO4S2/c21-14-18(27(23,24)17-5-2-1-3-6-17)13-15-8-10-16(11-9-15)25-20(22)19-7-4-12-26-19/h1-13H. The number of sulfone groups is 1. The molecule has 1 heterocycles. The quantitative estimate of drug-likeness (QED) is 0.365. The van der Waals surface area contributed by atoms with Crippen LogP contribution < -0.4 is 4.74 Å². The van der Waals surface area contributed by atoms with E-state index in [0.717, 1.165) is 0 Å². The Bertz CT molecular complexity index is 1110. The average molecular weight is 395 g/mol. The van der Waals surface area contributed by atoms with Crippen molar-refractivity contribution >= 4 is 33.2 Å². The Hall–Kier alpha value is -3.21. The molecule has 0 atom stereocenters. The highest BCUT2D eigenvalue weighted by atomic mass is 32.2. The van der Waals surface area contributed by atoms with Gasteiger partial charge < -0.3 is 4.74 Å². The maximum atomic E-state index is 12.6. The van der Waals surface area contributed by atoms with Gasteiger partial charge in [0.1, 0.15) is 21.6 Å². The SMILES string of the molecule is N#CC(=Cc1ccc(OC(=O)c2cccs2)cc1)S(=O)(=O)c1ccccc1. The van der Waals surface area contributed by atoms with Crippen molar-refractivity contribution in [2.75, 3.05) is 0 Å². The van der Waals surface area contributed by atoms with Crippen LogP contribution in [0.4, 0.5) is 0 Å².